The molecule has 2 rings (SSSR count). The second-order valence-electron chi connectivity index (χ2n) is 7.48. The molecule has 1 fully saturated rings. The molecule has 2 amide bonds. The van der Waals surface area contributed by atoms with Crippen molar-refractivity contribution in [3.05, 3.63) is 35.9 Å². The molecule has 3 N–H and O–H groups in total. The Kier molecular flexibility index (Phi) is 9.82. The smallest absolute Gasteiger partial charge is 0.317 e. The third-order valence-electron chi connectivity index (χ3n) is 5.03. The summed E-state index contributed by atoms with van der Waals surface area (Å²) >= 11 is 0. The van der Waals surface area contributed by atoms with Crippen LogP contribution in [0.4, 0.5) is 4.79 Å². The average Bonchev–Trinajstić information content (AvgIpc) is 2.62. The minimum absolute atomic E-state index is 0.00461. The summed E-state index contributed by atoms with van der Waals surface area (Å²) in [5.41, 5.74) is 1.04. The number of hydrogen-bond acceptors (Lipinski definition) is 4. The average molecular weight is 380 g/mol. The number of carbonyl (C=O) groups excluding carboxylic acids is 1. The molecular formula is C20H33N3O4. The summed E-state index contributed by atoms with van der Waals surface area (Å²) < 4.78 is 0. The van der Waals surface area contributed by atoms with Crippen LogP contribution in [0.15, 0.2) is 30.3 Å². The summed E-state index contributed by atoms with van der Waals surface area (Å²) in [7, 11) is 5.90. The highest BCUT2D eigenvalue weighted by Crippen LogP contribution is 2.40. The second kappa shape index (κ2) is 11.6. The molecule has 0 aliphatic heterocycles. The standard InChI is InChI=1S/C19H31N3O2.CH2O2/c1-21(2)13-10-17(16-8-5-4-6-9-16)20-18(24)22(3)14-19(15-23)11-7-12-19;2-1-3/h4-6,8-9,17,23H,7,10-15H2,1-3H3,(H,20,24);1H,(H,2,3). The Morgan fingerprint density at radius 3 is 2.30 bits per heavy atom. The number of carboxylic acid groups (broad SMARTS) is 1. The largest absolute Gasteiger partial charge is 0.483 e. The first-order chi connectivity index (χ1) is 12.9. The van der Waals surface area contributed by atoms with Crippen LogP contribution >= 0.6 is 0 Å². The molecule has 1 atom stereocenters. The van der Waals surface area contributed by atoms with E-state index in [0.717, 1.165) is 37.8 Å². The minimum Gasteiger partial charge on any atom is -0.483 e. The summed E-state index contributed by atoms with van der Waals surface area (Å²) in [6.07, 6.45) is 4.01. The number of hydrogen-bond donors (Lipinski definition) is 3. The van der Waals surface area contributed by atoms with Gasteiger partial charge in [0.05, 0.1) is 12.6 Å². The Balaban J connectivity index is 0.00000114. The van der Waals surface area contributed by atoms with Crippen molar-refractivity contribution in [3.8, 4) is 0 Å². The van der Waals surface area contributed by atoms with Gasteiger partial charge in [0.25, 0.3) is 6.47 Å². The van der Waals surface area contributed by atoms with Gasteiger partial charge in [-0.3, -0.25) is 4.79 Å². The number of carbonyl (C=O) groups is 2. The SMILES string of the molecule is CN(C)CCC(NC(=O)N(C)CC1(CO)CCC1)c1ccccc1.O=CO. The molecule has 0 bridgehead atoms. The summed E-state index contributed by atoms with van der Waals surface area (Å²) in [6.45, 7) is 1.43. The van der Waals surface area contributed by atoms with E-state index in [1.165, 1.54) is 0 Å². The van der Waals surface area contributed by atoms with Crippen LogP contribution < -0.4 is 5.32 Å². The molecule has 0 saturated heterocycles. The molecule has 7 heteroatoms. The first-order valence-corrected chi connectivity index (χ1v) is 9.27. The maximum Gasteiger partial charge on any atom is 0.317 e. The number of nitrogens with one attached hydrogen (secondary N) is 1. The van der Waals surface area contributed by atoms with Crippen LogP contribution in [0.25, 0.3) is 0 Å². The van der Waals surface area contributed by atoms with E-state index in [2.05, 4.69) is 22.3 Å². The molecule has 0 radical (unpaired) electrons. The monoisotopic (exact) mass is 379 g/mol. The van der Waals surface area contributed by atoms with Crippen LogP contribution in [-0.2, 0) is 4.79 Å². The lowest BCUT2D eigenvalue weighted by atomic mass is 9.69. The lowest BCUT2D eigenvalue weighted by molar-refractivity contribution is -0.122. The van der Waals surface area contributed by atoms with E-state index in [1.54, 1.807) is 4.90 Å². The zero-order chi connectivity index (χ0) is 20.3. The highest BCUT2D eigenvalue weighted by molar-refractivity contribution is 5.74. The lowest BCUT2D eigenvalue weighted by Gasteiger charge is -2.43. The van der Waals surface area contributed by atoms with Gasteiger partial charge in [0, 0.05) is 19.0 Å². The molecule has 0 heterocycles. The van der Waals surface area contributed by atoms with E-state index in [4.69, 9.17) is 9.90 Å². The van der Waals surface area contributed by atoms with Gasteiger partial charge in [-0.1, -0.05) is 36.8 Å². The Morgan fingerprint density at radius 2 is 1.85 bits per heavy atom. The number of rotatable bonds is 8. The fraction of sp³-hybridized carbons (Fsp3) is 0.600. The fourth-order valence-corrected chi connectivity index (χ4v) is 3.27. The van der Waals surface area contributed by atoms with Crippen molar-refractivity contribution in [2.75, 3.05) is 40.8 Å². The van der Waals surface area contributed by atoms with Gasteiger partial charge in [0.1, 0.15) is 0 Å². The maximum atomic E-state index is 12.6. The first-order valence-electron chi connectivity index (χ1n) is 9.27. The molecule has 0 aromatic heterocycles. The van der Waals surface area contributed by atoms with E-state index in [9.17, 15) is 9.90 Å². The normalized spacial score (nSPS) is 15.7. The quantitative estimate of drug-likeness (QED) is 0.602. The van der Waals surface area contributed by atoms with Crippen molar-refractivity contribution < 1.29 is 19.8 Å². The third-order valence-corrected chi connectivity index (χ3v) is 5.03. The Bertz CT molecular complexity index is 556. The minimum atomic E-state index is -0.250. The van der Waals surface area contributed by atoms with E-state index >= 15 is 0 Å². The molecule has 0 spiro atoms. The zero-order valence-corrected chi connectivity index (χ0v) is 16.6. The number of aliphatic hydroxyl groups is 1. The predicted molar refractivity (Wildman–Crippen MR) is 106 cm³/mol. The number of aliphatic hydroxyl groups excluding tert-OH is 1. The van der Waals surface area contributed by atoms with E-state index in [1.807, 2.05) is 39.3 Å². The van der Waals surface area contributed by atoms with Gasteiger partial charge < -0.3 is 25.3 Å². The Labute approximate surface area is 162 Å². The van der Waals surface area contributed by atoms with Gasteiger partial charge in [-0.25, -0.2) is 4.79 Å². The topological polar surface area (TPSA) is 93.1 Å². The molecule has 1 aromatic rings. The fourth-order valence-electron chi connectivity index (χ4n) is 3.27. The zero-order valence-electron chi connectivity index (χ0n) is 16.6. The molecule has 1 saturated carbocycles. The third kappa shape index (κ3) is 7.56. The summed E-state index contributed by atoms with van der Waals surface area (Å²) in [5.74, 6) is 0. The van der Waals surface area contributed by atoms with Crippen LogP contribution in [-0.4, -0.2) is 73.4 Å². The van der Waals surface area contributed by atoms with Gasteiger partial charge in [0.2, 0.25) is 0 Å². The van der Waals surface area contributed by atoms with Crippen molar-refractivity contribution >= 4 is 12.5 Å². The van der Waals surface area contributed by atoms with E-state index < -0.39 is 0 Å². The van der Waals surface area contributed by atoms with Crippen molar-refractivity contribution in [2.24, 2.45) is 5.41 Å². The van der Waals surface area contributed by atoms with Crippen LogP contribution in [0.3, 0.4) is 0 Å². The molecule has 7 nitrogen and oxygen atoms in total. The predicted octanol–water partition coefficient (Wildman–Crippen LogP) is 2.18. The number of nitrogens with zero attached hydrogens (tertiary/aromatic N) is 2. The Hall–Kier alpha value is -2.12. The molecule has 1 unspecified atom stereocenters. The van der Waals surface area contributed by atoms with Crippen molar-refractivity contribution in [2.45, 2.75) is 31.7 Å². The summed E-state index contributed by atoms with van der Waals surface area (Å²) in [5, 5.41) is 19.7. The van der Waals surface area contributed by atoms with Gasteiger partial charge in [-0.15, -0.1) is 0 Å². The van der Waals surface area contributed by atoms with Crippen LogP contribution in [0.2, 0.25) is 0 Å². The molecule has 1 aliphatic rings. The summed E-state index contributed by atoms with van der Waals surface area (Å²) in [4.78, 5) is 24.8. The van der Waals surface area contributed by atoms with Crippen molar-refractivity contribution in [1.82, 2.24) is 15.1 Å². The number of benzene rings is 1. The number of amides is 2. The molecule has 27 heavy (non-hydrogen) atoms. The highest BCUT2D eigenvalue weighted by atomic mass is 16.3. The van der Waals surface area contributed by atoms with Crippen molar-refractivity contribution in [3.63, 3.8) is 0 Å². The number of urea groups is 1. The molecule has 152 valence electrons. The molecular weight excluding hydrogens is 346 g/mol. The van der Waals surface area contributed by atoms with Gasteiger partial charge in [-0.2, -0.15) is 0 Å². The maximum absolute atomic E-state index is 12.6. The van der Waals surface area contributed by atoms with Gasteiger partial charge in [-0.05, 0) is 45.5 Å². The lowest BCUT2D eigenvalue weighted by Crippen LogP contribution is -2.49. The van der Waals surface area contributed by atoms with Crippen LogP contribution in [0.5, 0.6) is 0 Å². The van der Waals surface area contributed by atoms with Crippen LogP contribution in [0.1, 0.15) is 37.3 Å². The summed E-state index contributed by atoms with van der Waals surface area (Å²) in [6, 6.07) is 10.0. The van der Waals surface area contributed by atoms with Crippen molar-refractivity contribution in [1.29, 1.82) is 0 Å². The van der Waals surface area contributed by atoms with Gasteiger partial charge in [0.15, 0.2) is 0 Å². The van der Waals surface area contributed by atoms with Gasteiger partial charge >= 0.3 is 6.03 Å². The van der Waals surface area contributed by atoms with E-state index in [-0.39, 0.29) is 30.6 Å². The molecule has 1 aromatic carbocycles. The molecule has 1 aliphatic carbocycles. The second-order valence-corrected chi connectivity index (χ2v) is 7.48. The first kappa shape index (κ1) is 22.9. The van der Waals surface area contributed by atoms with E-state index in [0.29, 0.717) is 6.54 Å². The highest BCUT2D eigenvalue weighted by Gasteiger charge is 2.38. The Morgan fingerprint density at radius 1 is 1.26 bits per heavy atom. The van der Waals surface area contributed by atoms with Crippen LogP contribution in [0, 0.1) is 5.41 Å².